The van der Waals surface area contributed by atoms with Crippen molar-refractivity contribution >= 4 is 10.9 Å². The fourth-order valence-electron chi connectivity index (χ4n) is 3.05. The van der Waals surface area contributed by atoms with Crippen molar-refractivity contribution in [2.75, 3.05) is 0 Å². The summed E-state index contributed by atoms with van der Waals surface area (Å²) in [4.78, 5) is 0. The molecule has 8 heteroatoms. The number of halogens is 3. The predicted octanol–water partition coefficient (Wildman–Crippen LogP) is 4.51. The summed E-state index contributed by atoms with van der Waals surface area (Å²) in [6.07, 6.45) is -4.34. The van der Waals surface area contributed by atoms with E-state index in [1.807, 2.05) is 36.6 Å². The van der Waals surface area contributed by atoms with E-state index in [1.54, 1.807) is 0 Å². The van der Waals surface area contributed by atoms with Crippen LogP contribution < -0.4 is 0 Å². The van der Waals surface area contributed by atoms with Gasteiger partial charge in [0.25, 0.3) is 0 Å². The second-order valence-corrected chi connectivity index (χ2v) is 6.42. The number of hydrogen-bond donors (Lipinski definition) is 1. The lowest BCUT2D eigenvalue weighted by Gasteiger charge is -2.11. The molecule has 5 nitrogen and oxygen atoms in total. The van der Waals surface area contributed by atoms with Gasteiger partial charge in [-0.05, 0) is 49.7 Å². The van der Waals surface area contributed by atoms with Crippen LogP contribution in [0.1, 0.15) is 22.6 Å². The number of benzene rings is 2. The number of aromatic nitrogens is 5. The van der Waals surface area contributed by atoms with E-state index in [4.69, 9.17) is 0 Å². The first-order valence-corrected chi connectivity index (χ1v) is 8.34. The van der Waals surface area contributed by atoms with Crippen LogP contribution in [0.5, 0.6) is 0 Å². The number of nitrogens with one attached hydrogen (secondary N) is 1. The van der Waals surface area contributed by atoms with E-state index in [0.717, 1.165) is 39.9 Å². The predicted molar refractivity (Wildman–Crippen MR) is 95.1 cm³/mol. The molecular weight excluding hydrogens is 355 g/mol. The number of rotatable bonds is 3. The Bertz CT molecular complexity index is 1110. The molecular formula is C19H16F3N5. The largest absolute Gasteiger partial charge is 0.416 e. The van der Waals surface area contributed by atoms with Crippen LogP contribution in [-0.2, 0) is 12.7 Å². The maximum absolute atomic E-state index is 12.7. The minimum absolute atomic E-state index is 0.384. The Labute approximate surface area is 152 Å². The first-order valence-electron chi connectivity index (χ1n) is 8.34. The summed E-state index contributed by atoms with van der Waals surface area (Å²) >= 11 is 0. The average Bonchev–Trinajstić information content (AvgIpc) is 3.18. The van der Waals surface area contributed by atoms with Gasteiger partial charge in [0.15, 0.2) is 5.82 Å². The number of aryl methyl sites for hydroxylation is 2. The van der Waals surface area contributed by atoms with Crippen molar-refractivity contribution in [1.82, 2.24) is 25.0 Å². The van der Waals surface area contributed by atoms with E-state index in [0.29, 0.717) is 18.2 Å². The Hall–Kier alpha value is -3.16. The third-order valence-corrected chi connectivity index (χ3v) is 4.57. The summed E-state index contributed by atoms with van der Waals surface area (Å²) in [5.41, 5.74) is 2.78. The Balaban J connectivity index is 1.70. The maximum Gasteiger partial charge on any atom is 0.416 e. The Morgan fingerprint density at radius 1 is 1.00 bits per heavy atom. The molecule has 0 saturated carbocycles. The third kappa shape index (κ3) is 3.18. The van der Waals surface area contributed by atoms with Gasteiger partial charge in [0.1, 0.15) is 5.82 Å². The monoisotopic (exact) mass is 371 g/mol. The van der Waals surface area contributed by atoms with Crippen LogP contribution in [-0.4, -0.2) is 25.0 Å². The highest BCUT2D eigenvalue weighted by Crippen LogP contribution is 2.30. The summed E-state index contributed by atoms with van der Waals surface area (Å²) < 4.78 is 40.1. The van der Waals surface area contributed by atoms with E-state index in [-0.39, 0.29) is 0 Å². The number of H-pyrrole nitrogens is 1. The SMILES string of the molecule is Cc1n[nH]c2ccc(-c3nnc(C)n3Cc3ccc(C(F)(F)F)cc3)cc12. The zero-order valence-electron chi connectivity index (χ0n) is 14.7. The first kappa shape index (κ1) is 17.3. The van der Waals surface area contributed by atoms with E-state index in [9.17, 15) is 13.2 Å². The van der Waals surface area contributed by atoms with Crippen molar-refractivity contribution < 1.29 is 13.2 Å². The molecule has 4 aromatic rings. The minimum atomic E-state index is -4.34. The van der Waals surface area contributed by atoms with E-state index in [2.05, 4.69) is 20.4 Å². The lowest BCUT2D eigenvalue weighted by Crippen LogP contribution is -2.07. The number of fused-ring (bicyclic) bond motifs is 1. The molecule has 0 fully saturated rings. The molecule has 0 atom stereocenters. The van der Waals surface area contributed by atoms with Gasteiger partial charge in [0, 0.05) is 10.9 Å². The van der Waals surface area contributed by atoms with E-state index >= 15 is 0 Å². The number of alkyl halides is 3. The zero-order valence-corrected chi connectivity index (χ0v) is 14.7. The van der Waals surface area contributed by atoms with Gasteiger partial charge in [0.05, 0.1) is 23.3 Å². The number of nitrogens with zero attached hydrogens (tertiary/aromatic N) is 4. The molecule has 0 aliphatic heterocycles. The van der Waals surface area contributed by atoms with E-state index < -0.39 is 11.7 Å². The first-order chi connectivity index (χ1) is 12.8. The molecule has 0 aliphatic rings. The van der Waals surface area contributed by atoms with Crippen LogP contribution in [0.15, 0.2) is 42.5 Å². The maximum atomic E-state index is 12.7. The minimum Gasteiger partial charge on any atom is -0.307 e. The summed E-state index contributed by atoms with van der Waals surface area (Å²) in [7, 11) is 0. The summed E-state index contributed by atoms with van der Waals surface area (Å²) in [6.45, 7) is 4.12. The molecule has 2 heterocycles. The zero-order chi connectivity index (χ0) is 19.2. The quantitative estimate of drug-likeness (QED) is 0.577. The highest BCUT2D eigenvalue weighted by atomic mass is 19.4. The Kier molecular flexibility index (Phi) is 3.98. The normalized spacial score (nSPS) is 12.0. The molecule has 4 rings (SSSR count). The fraction of sp³-hybridized carbons (Fsp3) is 0.211. The van der Waals surface area contributed by atoms with Crippen LogP contribution in [0.3, 0.4) is 0 Å². The molecule has 0 amide bonds. The summed E-state index contributed by atoms with van der Waals surface area (Å²) in [6, 6.07) is 11.0. The third-order valence-electron chi connectivity index (χ3n) is 4.57. The highest BCUT2D eigenvalue weighted by molar-refractivity contribution is 5.85. The molecule has 2 aromatic heterocycles. The Morgan fingerprint density at radius 3 is 2.44 bits per heavy atom. The molecule has 0 radical (unpaired) electrons. The summed E-state index contributed by atoms with van der Waals surface area (Å²) in [5, 5.41) is 16.6. The van der Waals surface area contributed by atoms with Gasteiger partial charge < -0.3 is 4.57 Å². The lowest BCUT2D eigenvalue weighted by molar-refractivity contribution is -0.137. The second-order valence-electron chi connectivity index (χ2n) is 6.42. The number of aromatic amines is 1. The lowest BCUT2D eigenvalue weighted by atomic mass is 10.1. The molecule has 0 bridgehead atoms. The van der Waals surface area contributed by atoms with Crippen LogP contribution in [0, 0.1) is 13.8 Å². The van der Waals surface area contributed by atoms with Crippen LogP contribution >= 0.6 is 0 Å². The van der Waals surface area contributed by atoms with Gasteiger partial charge in [-0.15, -0.1) is 10.2 Å². The topological polar surface area (TPSA) is 59.4 Å². The van der Waals surface area contributed by atoms with Crippen molar-refractivity contribution in [3.63, 3.8) is 0 Å². The van der Waals surface area contributed by atoms with Gasteiger partial charge in [-0.3, -0.25) is 5.10 Å². The molecule has 0 saturated heterocycles. The molecule has 2 aromatic carbocycles. The van der Waals surface area contributed by atoms with Crippen LogP contribution in [0.2, 0.25) is 0 Å². The van der Waals surface area contributed by atoms with Crippen molar-refractivity contribution in [3.05, 3.63) is 65.1 Å². The molecule has 0 unspecified atom stereocenters. The molecule has 0 aliphatic carbocycles. The second kappa shape index (κ2) is 6.22. The van der Waals surface area contributed by atoms with Crippen LogP contribution in [0.4, 0.5) is 13.2 Å². The molecule has 138 valence electrons. The fourth-order valence-corrected chi connectivity index (χ4v) is 3.05. The smallest absolute Gasteiger partial charge is 0.307 e. The summed E-state index contributed by atoms with van der Waals surface area (Å²) in [5.74, 6) is 1.35. The Morgan fingerprint density at radius 2 is 1.74 bits per heavy atom. The van der Waals surface area contributed by atoms with Crippen molar-refractivity contribution in [2.45, 2.75) is 26.6 Å². The van der Waals surface area contributed by atoms with Crippen molar-refractivity contribution in [2.24, 2.45) is 0 Å². The van der Waals surface area contributed by atoms with Crippen molar-refractivity contribution in [1.29, 1.82) is 0 Å². The standard InChI is InChI=1S/C19H16F3N5/c1-11-16-9-14(5-8-17(16)25-23-11)18-26-24-12(2)27(18)10-13-3-6-15(7-4-13)19(20,21)22/h3-9H,10H2,1-2H3,(H,23,25). The van der Waals surface area contributed by atoms with Gasteiger partial charge >= 0.3 is 6.18 Å². The van der Waals surface area contributed by atoms with Crippen LogP contribution in [0.25, 0.3) is 22.3 Å². The molecule has 27 heavy (non-hydrogen) atoms. The van der Waals surface area contributed by atoms with Gasteiger partial charge in [0.2, 0.25) is 0 Å². The van der Waals surface area contributed by atoms with E-state index in [1.165, 1.54) is 12.1 Å². The van der Waals surface area contributed by atoms with Gasteiger partial charge in [-0.25, -0.2) is 0 Å². The molecule has 0 spiro atoms. The van der Waals surface area contributed by atoms with Crippen molar-refractivity contribution in [3.8, 4) is 11.4 Å². The highest BCUT2D eigenvalue weighted by Gasteiger charge is 2.30. The van der Waals surface area contributed by atoms with Gasteiger partial charge in [-0.1, -0.05) is 12.1 Å². The number of hydrogen-bond acceptors (Lipinski definition) is 3. The average molecular weight is 371 g/mol. The van der Waals surface area contributed by atoms with Gasteiger partial charge in [-0.2, -0.15) is 18.3 Å². The molecule has 1 N–H and O–H groups in total.